The van der Waals surface area contributed by atoms with E-state index < -0.39 is 6.10 Å². The van der Waals surface area contributed by atoms with E-state index in [1.807, 2.05) is 31.2 Å². The molecule has 7 nitrogen and oxygen atoms in total. The summed E-state index contributed by atoms with van der Waals surface area (Å²) in [6.07, 6.45) is 8.29. The van der Waals surface area contributed by atoms with Gasteiger partial charge in [0.05, 0.1) is 17.8 Å². The van der Waals surface area contributed by atoms with E-state index in [9.17, 15) is 9.59 Å². The third-order valence-electron chi connectivity index (χ3n) is 5.76. The van der Waals surface area contributed by atoms with Crippen molar-refractivity contribution in [2.24, 2.45) is 0 Å². The fraction of sp³-hybridized carbons (Fsp3) is 0.458. The van der Waals surface area contributed by atoms with Crippen LogP contribution in [0.5, 0.6) is 0 Å². The quantitative estimate of drug-likeness (QED) is 0.649. The van der Waals surface area contributed by atoms with E-state index in [2.05, 4.69) is 21.7 Å². The van der Waals surface area contributed by atoms with Crippen LogP contribution < -0.4 is 10.6 Å². The van der Waals surface area contributed by atoms with E-state index in [-0.39, 0.29) is 11.8 Å². The summed E-state index contributed by atoms with van der Waals surface area (Å²) < 4.78 is 11.3. The second-order valence-electron chi connectivity index (χ2n) is 8.12. The van der Waals surface area contributed by atoms with Crippen molar-refractivity contribution >= 4 is 17.5 Å². The Labute approximate surface area is 182 Å². The zero-order valence-electron chi connectivity index (χ0n) is 17.9. The van der Waals surface area contributed by atoms with Gasteiger partial charge in [0.2, 0.25) is 11.8 Å². The minimum absolute atomic E-state index is 0.00123. The fourth-order valence-corrected chi connectivity index (χ4v) is 4.00. The van der Waals surface area contributed by atoms with Crippen molar-refractivity contribution in [3.05, 3.63) is 47.4 Å². The zero-order chi connectivity index (χ0) is 21.6. The molecule has 0 saturated carbocycles. The highest BCUT2D eigenvalue weighted by Gasteiger charge is 2.25. The average Bonchev–Trinajstić information content (AvgIpc) is 3.44. The lowest BCUT2D eigenvalue weighted by atomic mass is 9.97. The van der Waals surface area contributed by atoms with Gasteiger partial charge in [-0.1, -0.05) is 23.8 Å². The average molecular weight is 424 g/mol. The molecule has 1 fully saturated rings. The van der Waals surface area contributed by atoms with Crippen LogP contribution in [0.3, 0.4) is 0 Å². The number of nitrogens with zero attached hydrogens (tertiary/aromatic N) is 1. The van der Waals surface area contributed by atoms with Gasteiger partial charge in [0.25, 0.3) is 5.91 Å². The Morgan fingerprint density at radius 3 is 2.84 bits per heavy atom. The number of benzene rings is 1. The lowest BCUT2D eigenvalue weighted by Gasteiger charge is -2.12. The van der Waals surface area contributed by atoms with Gasteiger partial charge in [-0.15, -0.1) is 0 Å². The summed E-state index contributed by atoms with van der Waals surface area (Å²) in [5, 5.41) is 5.88. The van der Waals surface area contributed by atoms with Crippen molar-refractivity contribution in [2.45, 2.75) is 64.5 Å². The van der Waals surface area contributed by atoms with Gasteiger partial charge < -0.3 is 19.8 Å². The van der Waals surface area contributed by atoms with Gasteiger partial charge >= 0.3 is 0 Å². The Hall–Kier alpha value is -2.93. The van der Waals surface area contributed by atoms with Crippen LogP contribution >= 0.6 is 0 Å². The molecule has 4 rings (SSSR count). The number of hydrogen-bond acceptors (Lipinski definition) is 5. The van der Waals surface area contributed by atoms with E-state index in [1.165, 1.54) is 12.0 Å². The number of nitrogens with one attached hydrogen (secondary N) is 2. The number of anilines is 1. The highest BCUT2D eigenvalue weighted by molar-refractivity contribution is 5.97. The number of amides is 2. The highest BCUT2D eigenvalue weighted by Crippen LogP contribution is 2.29. The molecule has 2 aliphatic rings. The predicted molar refractivity (Wildman–Crippen MR) is 117 cm³/mol. The molecule has 2 N–H and O–H groups in total. The maximum absolute atomic E-state index is 12.5. The summed E-state index contributed by atoms with van der Waals surface area (Å²) in [6.45, 7) is 2.76. The van der Waals surface area contributed by atoms with Crippen molar-refractivity contribution in [1.29, 1.82) is 0 Å². The molecule has 1 atom stereocenters. The summed E-state index contributed by atoms with van der Waals surface area (Å²) in [5.41, 5.74) is 3.23. The fourth-order valence-electron chi connectivity index (χ4n) is 4.00. The van der Waals surface area contributed by atoms with Gasteiger partial charge in [-0.05, 0) is 57.6 Å². The van der Waals surface area contributed by atoms with Crippen LogP contribution in [-0.2, 0) is 20.9 Å². The van der Waals surface area contributed by atoms with Crippen LogP contribution in [0.15, 0.2) is 40.3 Å². The number of para-hydroxylation sites is 1. The maximum Gasteiger partial charge on any atom is 0.253 e. The first kappa shape index (κ1) is 21.3. The normalized spacial score (nSPS) is 18.5. The molecule has 1 aromatic heterocycles. The molecule has 31 heavy (non-hydrogen) atoms. The van der Waals surface area contributed by atoms with E-state index >= 15 is 0 Å². The lowest BCUT2D eigenvalue weighted by Crippen LogP contribution is -2.27. The van der Waals surface area contributed by atoms with Gasteiger partial charge in [0, 0.05) is 13.0 Å². The first-order chi connectivity index (χ1) is 15.1. The van der Waals surface area contributed by atoms with Gasteiger partial charge in [0.1, 0.15) is 17.6 Å². The number of aromatic nitrogens is 1. The predicted octanol–water partition coefficient (Wildman–Crippen LogP) is 4.27. The van der Waals surface area contributed by atoms with Crippen LogP contribution in [0.25, 0.3) is 11.5 Å². The first-order valence-electron chi connectivity index (χ1n) is 11.0. The number of oxazole rings is 1. The molecule has 1 aromatic carbocycles. The number of rotatable bonds is 7. The number of carbonyl (C=O) groups excluding carboxylic acids is 2. The minimum Gasteiger partial charge on any atom is -0.441 e. The minimum atomic E-state index is -0.413. The Balaban J connectivity index is 1.42. The van der Waals surface area contributed by atoms with E-state index in [0.29, 0.717) is 48.2 Å². The van der Waals surface area contributed by atoms with Crippen LogP contribution in [0, 0.1) is 6.92 Å². The SMILES string of the molecule is Cc1oc(-c2ccccc2NC(=O)[C@@H]2CCCO2)nc1CNC(=O)CC1=CCCCC1. The van der Waals surface area contributed by atoms with Crippen molar-refractivity contribution in [3.63, 3.8) is 0 Å². The molecule has 0 radical (unpaired) electrons. The molecule has 7 heteroatoms. The summed E-state index contributed by atoms with van der Waals surface area (Å²) in [4.78, 5) is 29.4. The monoisotopic (exact) mass is 423 g/mol. The summed E-state index contributed by atoms with van der Waals surface area (Å²) in [7, 11) is 0. The number of carbonyl (C=O) groups is 2. The third-order valence-corrected chi connectivity index (χ3v) is 5.76. The van der Waals surface area contributed by atoms with Crippen LogP contribution in [0.1, 0.15) is 56.4 Å². The molecule has 0 unspecified atom stereocenters. The Morgan fingerprint density at radius 2 is 2.06 bits per heavy atom. The number of ether oxygens (including phenoxy) is 1. The molecule has 1 aliphatic heterocycles. The van der Waals surface area contributed by atoms with Crippen LogP contribution in [0.4, 0.5) is 5.69 Å². The molecule has 1 saturated heterocycles. The van der Waals surface area contributed by atoms with Crippen molar-refractivity contribution in [3.8, 4) is 11.5 Å². The van der Waals surface area contributed by atoms with Gasteiger partial charge in [-0.2, -0.15) is 0 Å². The van der Waals surface area contributed by atoms with Crippen molar-refractivity contribution < 1.29 is 18.7 Å². The van der Waals surface area contributed by atoms with E-state index in [1.54, 1.807) is 0 Å². The molecule has 164 valence electrons. The lowest BCUT2D eigenvalue weighted by molar-refractivity contribution is -0.124. The number of hydrogen-bond donors (Lipinski definition) is 2. The topological polar surface area (TPSA) is 93.5 Å². The summed E-state index contributed by atoms with van der Waals surface area (Å²) in [6, 6.07) is 7.40. The van der Waals surface area contributed by atoms with E-state index in [0.717, 1.165) is 32.1 Å². The zero-order valence-corrected chi connectivity index (χ0v) is 17.9. The largest absolute Gasteiger partial charge is 0.441 e. The standard InChI is InChI=1S/C24H29N3O4/c1-16-20(15-25-22(28)14-17-8-3-2-4-9-17)27-24(31-16)18-10-5-6-11-19(18)26-23(29)21-12-7-13-30-21/h5-6,8,10-11,21H,2-4,7,9,12-15H2,1H3,(H,25,28)(H,26,29)/t21-/m0/s1. The summed E-state index contributed by atoms with van der Waals surface area (Å²) in [5.74, 6) is 0.909. The molecular weight excluding hydrogens is 394 g/mol. The highest BCUT2D eigenvalue weighted by atomic mass is 16.5. The smallest absolute Gasteiger partial charge is 0.253 e. The Morgan fingerprint density at radius 1 is 1.19 bits per heavy atom. The second-order valence-corrected chi connectivity index (χ2v) is 8.12. The molecule has 2 heterocycles. The molecule has 2 amide bonds. The Kier molecular flexibility index (Phi) is 6.82. The first-order valence-corrected chi connectivity index (χ1v) is 11.0. The van der Waals surface area contributed by atoms with Gasteiger partial charge in [-0.25, -0.2) is 4.98 Å². The molecule has 2 aromatic rings. The van der Waals surface area contributed by atoms with Crippen molar-refractivity contribution in [2.75, 3.05) is 11.9 Å². The van der Waals surface area contributed by atoms with Crippen LogP contribution in [-0.4, -0.2) is 29.5 Å². The molecule has 0 bridgehead atoms. The molecule has 1 aliphatic carbocycles. The number of aryl methyl sites for hydroxylation is 1. The summed E-state index contributed by atoms with van der Waals surface area (Å²) >= 11 is 0. The molecule has 0 spiro atoms. The van der Waals surface area contributed by atoms with Gasteiger partial charge in [0.15, 0.2) is 0 Å². The van der Waals surface area contributed by atoms with Crippen LogP contribution in [0.2, 0.25) is 0 Å². The maximum atomic E-state index is 12.5. The number of allylic oxidation sites excluding steroid dienone is 1. The van der Waals surface area contributed by atoms with E-state index in [4.69, 9.17) is 9.15 Å². The molecular formula is C24H29N3O4. The van der Waals surface area contributed by atoms with Crippen molar-refractivity contribution in [1.82, 2.24) is 10.3 Å². The Bertz CT molecular complexity index is 973. The third kappa shape index (κ3) is 5.41. The van der Waals surface area contributed by atoms with Gasteiger partial charge in [-0.3, -0.25) is 9.59 Å². The second kappa shape index (κ2) is 9.92.